The molecule has 4 nitrogen and oxygen atoms in total. The van der Waals surface area contributed by atoms with Crippen molar-refractivity contribution < 1.29 is 9.53 Å². The molecule has 0 saturated heterocycles. The zero-order chi connectivity index (χ0) is 13.1. The second-order valence-electron chi connectivity index (χ2n) is 5.23. The molecule has 0 unspecified atom stereocenters. The third-order valence-electron chi connectivity index (χ3n) is 2.45. The van der Waals surface area contributed by atoms with Crippen LogP contribution in [0.3, 0.4) is 0 Å². The molecule has 0 aliphatic rings. The van der Waals surface area contributed by atoms with E-state index in [1.165, 1.54) is 0 Å². The van der Waals surface area contributed by atoms with E-state index in [-0.39, 0.29) is 0 Å². The van der Waals surface area contributed by atoms with Gasteiger partial charge in [0.15, 0.2) is 6.29 Å². The smallest absolute Gasteiger partial charge is 0.171 e. The number of imidazole rings is 1. The van der Waals surface area contributed by atoms with Crippen LogP contribution in [0.25, 0.3) is 0 Å². The lowest BCUT2D eigenvalue weighted by Gasteiger charge is -2.16. The van der Waals surface area contributed by atoms with Crippen LogP contribution in [-0.2, 0) is 11.5 Å². The molecule has 0 amide bonds. The summed E-state index contributed by atoms with van der Waals surface area (Å²) in [6, 6.07) is 1.14. The molecule has 1 aromatic heterocycles. The Bertz CT molecular complexity index is 399. The minimum Gasteiger partial charge on any atom is -0.361 e. The average molecular weight is 319 g/mol. The highest BCUT2D eigenvalue weighted by Gasteiger charge is 2.14. The van der Waals surface area contributed by atoms with Crippen molar-refractivity contribution in [2.45, 2.75) is 39.3 Å². The standard InChI is InChI=1S/C11H19BrN2O2Si/c1-9-13-10(7-15)11(12)14(9)8-16-5-6-17(2,3)4/h7H,5-6,8H2,1-4H3. The van der Waals surface area contributed by atoms with Gasteiger partial charge in [-0.3, -0.25) is 9.36 Å². The molecule has 0 aliphatic carbocycles. The summed E-state index contributed by atoms with van der Waals surface area (Å²) < 4.78 is 8.17. The van der Waals surface area contributed by atoms with Gasteiger partial charge in [0, 0.05) is 14.7 Å². The first-order chi connectivity index (χ1) is 7.85. The normalized spacial score (nSPS) is 11.8. The Morgan fingerprint density at radius 2 is 2.12 bits per heavy atom. The van der Waals surface area contributed by atoms with Crippen molar-refractivity contribution in [1.29, 1.82) is 0 Å². The highest BCUT2D eigenvalue weighted by atomic mass is 79.9. The average Bonchev–Trinajstić information content (AvgIpc) is 2.48. The monoisotopic (exact) mass is 318 g/mol. The Balaban J connectivity index is 2.52. The van der Waals surface area contributed by atoms with E-state index < -0.39 is 8.07 Å². The summed E-state index contributed by atoms with van der Waals surface area (Å²) >= 11 is 3.35. The second-order valence-corrected chi connectivity index (χ2v) is 11.6. The van der Waals surface area contributed by atoms with Crippen LogP contribution in [0.5, 0.6) is 0 Å². The van der Waals surface area contributed by atoms with E-state index in [2.05, 4.69) is 40.6 Å². The van der Waals surface area contributed by atoms with Gasteiger partial charge in [0.1, 0.15) is 22.9 Å². The van der Waals surface area contributed by atoms with Crippen LogP contribution in [0.15, 0.2) is 4.60 Å². The number of ether oxygens (including phenoxy) is 1. The molecule has 0 saturated carbocycles. The van der Waals surface area contributed by atoms with Crippen LogP contribution < -0.4 is 0 Å². The van der Waals surface area contributed by atoms with Gasteiger partial charge in [-0.1, -0.05) is 19.6 Å². The van der Waals surface area contributed by atoms with Crippen molar-refractivity contribution in [2.75, 3.05) is 6.61 Å². The molecule has 0 N–H and O–H groups in total. The minimum absolute atomic E-state index is 0.427. The fraction of sp³-hybridized carbons (Fsp3) is 0.636. The molecule has 17 heavy (non-hydrogen) atoms. The Labute approximate surface area is 112 Å². The molecule has 0 bridgehead atoms. The Morgan fingerprint density at radius 1 is 1.47 bits per heavy atom. The lowest BCUT2D eigenvalue weighted by atomic mass is 10.5. The van der Waals surface area contributed by atoms with Crippen LogP contribution >= 0.6 is 15.9 Å². The zero-order valence-corrected chi connectivity index (χ0v) is 13.4. The van der Waals surface area contributed by atoms with Gasteiger partial charge >= 0.3 is 0 Å². The fourth-order valence-corrected chi connectivity index (χ4v) is 2.62. The maximum atomic E-state index is 10.7. The van der Waals surface area contributed by atoms with Gasteiger partial charge in [-0.2, -0.15) is 0 Å². The van der Waals surface area contributed by atoms with Crippen molar-refractivity contribution in [2.24, 2.45) is 0 Å². The van der Waals surface area contributed by atoms with Gasteiger partial charge in [0.25, 0.3) is 0 Å². The number of carbonyl (C=O) groups excluding carboxylic acids is 1. The molecule has 1 rings (SSSR count). The number of hydrogen-bond acceptors (Lipinski definition) is 3. The van der Waals surface area contributed by atoms with Gasteiger partial charge in [-0.25, -0.2) is 4.98 Å². The zero-order valence-electron chi connectivity index (χ0n) is 10.8. The van der Waals surface area contributed by atoms with E-state index >= 15 is 0 Å². The van der Waals surface area contributed by atoms with Gasteiger partial charge < -0.3 is 4.74 Å². The van der Waals surface area contributed by atoms with Crippen LogP contribution in [0, 0.1) is 6.92 Å². The van der Waals surface area contributed by atoms with E-state index in [1.807, 2.05) is 11.5 Å². The van der Waals surface area contributed by atoms with E-state index in [9.17, 15) is 4.79 Å². The third-order valence-corrected chi connectivity index (χ3v) is 4.99. The molecule has 1 heterocycles. The molecule has 0 spiro atoms. The summed E-state index contributed by atoms with van der Waals surface area (Å²) in [6.45, 7) is 10.0. The number of aryl methyl sites for hydroxylation is 1. The van der Waals surface area contributed by atoms with Crippen molar-refractivity contribution >= 4 is 30.3 Å². The van der Waals surface area contributed by atoms with Gasteiger partial charge in [0.05, 0.1) is 0 Å². The summed E-state index contributed by atoms with van der Waals surface area (Å²) in [5.74, 6) is 0.784. The largest absolute Gasteiger partial charge is 0.361 e. The van der Waals surface area contributed by atoms with Crippen molar-refractivity contribution in [3.05, 3.63) is 16.1 Å². The fourth-order valence-electron chi connectivity index (χ4n) is 1.32. The number of rotatable bonds is 6. The highest BCUT2D eigenvalue weighted by molar-refractivity contribution is 9.10. The number of nitrogens with zero attached hydrogens (tertiary/aromatic N) is 2. The summed E-state index contributed by atoms with van der Waals surface area (Å²) in [7, 11) is -1.04. The topological polar surface area (TPSA) is 44.1 Å². The SMILES string of the molecule is Cc1nc(C=O)c(Br)n1COCC[Si](C)(C)C. The number of halogens is 1. The first-order valence-electron chi connectivity index (χ1n) is 5.60. The quantitative estimate of drug-likeness (QED) is 0.460. The van der Waals surface area contributed by atoms with E-state index in [0.717, 1.165) is 24.8 Å². The molecule has 0 fully saturated rings. The lowest BCUT2D eigenvalue weighted by Crippen LogP contribution is -2.22. The van der Waals surface area contributed by atoms with E-state index in [4.69, 9.17) is 4.74 Å². The summed E-state index contributed by atoms with van der Waals surface area (Å²) in [6.07, 6.45) is 0.746. The molecule has 1 aromatic rings. The third kappa shape index (κ3) is 4.37. The lowest BCUT2D eigenvalue weighted by molar-refractivity contribution is 0.0842. The Morgan fingerprint density at radius 3 is 2.59 bits per heavy atom. The number of carbonyl (C=O) groups is 1. The van der Waals surface area contributed by atoms with Crippen LogP contribution in [0.4, 0.5) is 0 Å². The molecule has 0 atom stereocenters. The summed E-state index contributed by atoms with van der Waals surface area (Å²) in [4.78, 5) is 14.8. The molecule has 0 aromatic carbocycles. The van der Waals surface area contributed by atoms with Crippen LogP contribution in [0.2, 0.25) is 25.7 Å². The first-order valence-corrected chi connectivity index (χ1v) is 10.1. The van der Waals surface area contributed by atoms with Crippen LogP contribution in [-0.4, -0.2) is 30.5 Å². The van der Waals surface area contributed by atoms with Gasteiger partial charge in [-0.05, 0) is 28.9 Å². The van der Waals surface area contributed by atoms with E-state index in [1.54, 1.807) is 0 Å². The Hall–Kier alpha value is -0.463. The maximum absolute atomic E-state index is 10.7. The molecule has 96 valence electrons. The predicted molar refractivity (Wildman–Crippen MR) is 74.2 cm³/mol. The van der Waals surface area contributed by atoms with Gasteiger partial charge in [0.2, 0.25) is 0 Å². The summed E-state index contributed by atoms with van der Waals surface area (Å²) in [5.41, 5.74) is 0.427. The first kappa shape index (κ1) is 14.6. The van der Waals surface area contributed by atoms with Crippen molar-refractivity contribution in [3.63, 3.8) is 0 Å². The van der Waals surface area contributed by atoms with Gasteiger partial charge in [-0.15, -0.1) is 0 Å². The summed E-state index contributed by atoms with van der Waals surface area (Å²) in [5, 5.41) is 0. The predicted octanol–water partition coefficient (Wildman–Crippen LogP) is 3.08. The van der Waals surface area contributed by atoms with Crippen molar-refractivity contribution in [1.82, 2.24) is 9.55 Å². The number of hydrogen-bond donors (Lipinski definition) is 0. The van der Waals surface area contributed by atoms with Crippen LogP contribution in [0.1, 0.15) is 16.3 Å². The molecule has 0 aliphatic heterocycles. The Kier molecular flexibility index (Phi) is 5.09. The minimum atomic E-state index is -1.04. The molecular formula is C11H19BrN2O2Si. The van der Waals surface area contributed by atoms with E-state index in [0.29, 0.717) is 17.0 Å². The second kappa shape index (κ2) is 5.93. The molecular weight excluding hydrogens is 300 g/mol. The maximum Gasteiger partial charge on any atom is 0.171 e. The number of aromatic nitrogens is 2. The molecule has 6 heteroatoms. The van der Waals surface area contributed by atoms with Crippen molar-refractivity contribution in [3.8, 4) is 0 Å². The number of aldehydes is 1. The highest BCUT2D eigenvalue weighted by Crippen LogP contribution is 2.17. The molecule has 0 radical (unpaired) electrons.